The Labute approximate surface area is 164 Å². The van der Waals surface area contributed by atoms with Crippen molar-refractivity contribution in [2.75, 3.05) is 17.2 Å². The first-order valence-corrected chi connectivity index (χ1v) is 8.99. The van der Waals surface area contributed by atoms with Crippen LogP contribution in [-0.4, -0.2) is 24.4 Å². The van der Waals surface area contributed by atoms with Crippen LogP contribution in [-0.2, 0) is 16.1 Å². The molecule has 0 saturated heterocycles. The van der Waals surface area contributed by atoms with Gasteiger partial charge in [-0.25, -0.2) is 4.79 Å². The average Bonchev–Trinajstić information content (AvgIpc) is 3.14. The first kappa shape index (κ1) is 21.0. The Bertz CT molecular complexity index is 793. The van der Waals surface area contributed by atoms with E-state index in [1.54, 1.807) is 42.7 Å². The van der Waals surface area contributed by atoms with Gasteiger partial charge in [-0.2, -0.15) is 0 Å². The number of carbonyl (C=O) groups is 3. The van der Waals surface area contributed by atoms with Crippen molar-refractivity contribution in [3.8, 4) is 0 Å². The number of furan rings is 1. The van der Waals surface area contributed by atoms with Gasteiger partial charge in [0.2, 0.25) is 11.8 Å². The lowest BCUT2D eigenvalue weighted by molar-refractivity contribution is -0.128. The van der Waals surface area contributed by atoms with Crippen molar-refractivity contribution in [1.82, 2.24) is 10.6 Å². The average molecular weight is 386 g/mol. The summed E-state index contributed by atoms with van der Waals surface area (Å²) in [6, 6.07) is 9.91. The van der Waals surface area contributed by atoms with Crippen LogP contribution < -0.4 is 21.3 Å². The Kier molecular flexibility index (Phi) is 7.20. The highest BCUT2D eigenvalue weighted by Crippen LogP contribution is 2.14. The molecule has 0 saturated carbocycles. The fraction of sp³-hybridized carbons (Fsp3) is 0.350. The molecule has 2 aromatic rings. The second kappa shape index (κ2) is 9.59. The molecule has 8 heteroatoms. The van der Waals surface area contributed by atoms with Crippen LogP contribution in [0.2, 0.25) is 0 Å². The molecule has 1 heterocycles. The third-order valence-corrected chi connectivity index (χ3v) is 3.75. The second-order valence-electron chi connectivity index (χ2n) is 7.27. The van der Waals surface area contributed by atoms with Gasteiger partial charge >= 0.3 is 6.03 Å². The standard InChI is InChI=1S/C20H26N4O4/c1-20(2,3)18(26)21-11-10-17(25)23-14-6-8-15(9-7-14)24-19(27)22-13-16-5-4-12-28-16/h4-9,12H,10-11,13H2,1-3H3,(H,21,26)(H,23,25)(H2,22,24,27). The van der Waals surface area contributed by atoms with Gasteiger partial charge in [0, 0.05) is 29.8 Å². The molecule has 0 aliphatic carbocycles. The fourth-order valence-corrected chi connectivity index (χ4v) is 2.17. The second-order valence-corrected chi connectivity index (χ2v) is 7.27. The smallest absolute Gasteiger partial charge is 0.319 e. The topological polar surface area (TPSA) is 112 Å². The molecule has 0 fully saturated rings. The molecule has 150 valence electrons. The molecular formula is C20H26N4O4. The van der Waals surface area contributed by atoms with Crippen LogP contribution >= 0.6 is 0 Å². The van der Waals surface area contributed by atoms with E-state index in [0.717, 1.165) is 0 Å². The summed E-state index contributed by atoms with van der Waals surface area (Å²) in [6.07, 6.45) is 1.72. The summed E-state index contributed by atoms with van der Waals surface area (Å²) >= 11 is 0. The van der Waals surface area contributed by atoms with E-state index in [0.29, 0.717) is 23.7 Å². The van der Waals surface area contributed by atoms with Crippen LogP contribution in [0.25, 0.3) is 0 Å². The van der Waals surface area contributed by atoms with Gasteiger partial charge in [0.25, 0.3) is 0 Å². The van der Waals surface area contributed by atoms with Gasteiger partial charge in [-0.05, 0) is 36.4 Å². The number of amides is 4. The summed E-state index contributed by atoms with van der Waals surface area (Å²) in [4.78, 5) is 35.6. The van der Waals surface area contributed by atoms with Crippen LogP contribution in [0.3, 0.4) is 0 Å². The van der Waals surface area contributed by atoms with Crippen LogP contribution in [0.5, 0.6) is 0 Å². The van der Waals surface area contributed by atoms with Gasteiger partial charge in [-0.3, -0.25) is 9.59 Å². The number of urea groups is 1. The number of rotatable bonds is 7. The molecule has 1 aromatic heterocycles. The molecule has 0 aliphatic heterocycles. The quantitative estimate of drug-likeness (QED) is 0.586. The summed E-state index contributed by atoms with van der Waals surface area (Å²) in [7, 11) is 0. The Morgan fingerprint density at radius 2 is 1.57 bits per heavy atom. The zero-order valence-corrected chi connectivity index (χ0v) is 16.3. The Balaban J connectivity index is 1.72. The lowest BCUT2D eigenvalue weighted by Crippen LogP contribution is -2.36. The number of hydrogen-bond donors (Lipinski definition) is 4. The third-order valence-electron chi connectivity index (χ3n) is 3.75. The van der Waals surface area contributed by atoms with E-state index in [9.17, 15) is 14.4 Å². The van der Waals surface area contributed by atoms with Gasteiger partial charge in [0.1, 0.15) is 5.76 Å². The van der Waals surface area contributed by atoms with Gasteiger partial charge in [-0.1, -0.05) is 20.8 Å². The largest absolute Gasteiger partial charge is 0.467 e. The van der Waals surface area contributed by atoms with Crippen molar-refractivity contribution in [2.45, 2.75) is 33.7 Å². The van der Waals surface area contributed by atoms with E-state index in [-0.39, 0.29) is 30.8 Å². The molecule has 4 N–H and O–H groups in total. The highest BCUT2D eigenvalue weighted by Gasteiger charge is 2.20. The minimum Gasteiger partial charge on any atom is -0.467 e. The SMILES string of the molecule is CC(C)(C)C(=O)NCCC(=O)Nc1ccc(NC(=O)NCc2ccco2)cc1. The maximum atomic E-state index is 12.0. The Morgan fingerprint density at radius 1 is 0.929 bits per heavy atom. The summed E-state index contributed by atoms with van der Waals surface area (Å²) in [5.41, 5.74) is 0.713. The summed E-state index contributed by atoms with van der Waals surface area (Å²) in [5, 5.41) is 10.8. The Hall–Kier alpha value is -3.29. The molecule has 28 heavy (non-hydrogen) atoms. The van der Waals surface area contributed by atoms with Crippen molar-refractivity contribution in [1.29, 1.82) is 0 Å². The Morgan fingerprint density at radius 3 is 2.14 bits per heavy atom. The maximum absolute atomic E-state index is 12.0. The summed E-state index contributed by atoms with van der Waals surface area (Å²) in [5.74, 6) is 0.360. The molecule has 0 unspecified atom stereocenters. The lowest BCUT2D eigenvalue weighted by atomic mass is 9.96. The number of anilines is 2. The van der Waals surface area contributed by atoms with Crippen molar-refractivity contribution in [2.24, 2.45) is 5.41 Å². The van der Waals surface area contributed by atoms with E-state index in [1.165, 1.54) is 0 Å². The van der Waals surface area contributed by atoms with Crippen molar-refractivity contribution < 1.29 is 18.8 Å². The normalized spacial score (nSPS) is 10.8. The summed E-state index contributed by atoms with van der Waals surface area (Å²) in [6.45, 7) is 6.01. The first-order chi connectivity index (χ1) is 13.2. The molecule has 8 nitrogen and oxygen atoms in total. The van der Waals surface area contributed by atoms with E-state index in [4.69, 9.17) is 4.42 Å². The molecule has 1 aromatic carbocycles. The van der Waals surface area contributed by atoms with Crippen LogP contribution in [0.15, 0.2) is 47.1 Å². The minimum atomic E-state index is -0.483. The number of benzene rings is 1. The van der Waals surface area contributed by atoms with Crippen LogP contribution in [0.4, 0.5) is 16.2 Å². The van der Waals surface area contributed by atoms with Crippen LogP contribution in [0, 0.1) is 5.41 Å². The van der Waals surface area contributed by atoms with Gasteiger partial charge in [-0.15, -0.1) is 0 Å². The van der Waals surface area contributed by atoms with Crippen molar-refractivity contribution in [3.63, 3.8) is 0 Å². The van der Waals surface area contributed by atoms with Gasteiger partial charge < -0.3 is 25.7 Å². The molecule has 0 radical (unpaired) electrons. The molecule has 0 aliphatic rings. The predicted molar refractivity (Wildman–Crippen MR) is 107 cm³/mol. The first-order valence-electron chi connectivity index (χ1n) is 8.99. The molecule has 2 rings (SSSR count). The lowest BCUT2D eigenvalue weighted by Gasteiger charge is -2.17. The van der Waals surface area contributed by atoms with E-state index in [2.05, 4.69) is 21.3 Å². The third kappa shape index (κ3) is 7.14. The molecule has 4 amide bonds. The highest BCUT2D eigenvalue weighted by molar-refractivity contribution is 5.92. The molecule has 0 atom stereocenters. The number of hydrogen-bond acceptors (Lipinski definition) is 4. The van der Waals surface area contributed by atoms with Gasteiger partial charge in [0.15, 0.2) is 0 Å². The van der Waals surface area contributed by atoms with Gasteiger partial charge in [0.05, 0.1) is 12.8 Å². The minimum absolute atomic E-state index is 0.0962. The van der Waals surface area contributed by atoms with E-state index >= 15 is 0 Å². The maximum Gasteiger partial charge on any atom is 0.319 e. The zero-order valence-electron chi connectivity index (χ0n) is 16.3. The fourth-order valence-electron chi connectivity index (χ4n) is 2.17. The molecular weight excluding hydrogens is 360 g/mol. The molecule has 0 bridgehead atoms. The highest BCUT2D eigenvalue weighted by atomic mass is 16.3. The predicted octanol–water partition coefficient (Wildman–Crippen LogP) is 3.09. The van der Waals surface area contributed by atoms with Crippen molar-refractivity contribution >= 4 is 29.2 Å². The number of carbonyl (C=O) groups excluding carboxylic acids is 3. The van der Waals surface area contributed by atoms with E-state index < -0.39 is 5.41 Å². The summed E-state index contributed by atoms with van der Waals surface area (Å²) < 4.78 is 5.14. The monoisotopic (exact) mass is 386 g/mol. The zero-order chi connectivity index (χ0) is 20.6. The number of nitrogens with one attached hydrogen (secondary N) is 4. The van der Waals surface area contributed by atoms with Crippen molar-refractivity contribution in [3.05, 3.63) is 48.4 Å². The molecule has 0 spiro atoms. The van der Waals surface area contributed by atoms with E-state index in [1.807, 2.05) is 20.8 Å². The van der Waals surface area contributed by atoms with Crippen LogP contribution in [0.1, 0.15) is 33.0 Å².